The number of carboxylic acids is 1. The lowest BCUT2D eigenvalue weighted by molar-refractivity contribution is -0.142. The van der Waals surface area contributed by atoms with Crippen LogP contribution in [0.25, 0.3) is 0 Å². The molecule has 0 aliphatic heterocycles. The summed E-state index contributed by atoms with van der Waals surface area (Å²) in [6.45, 7) is 15.0. The summed E-state index contributed by atoms with van der Waals surface area (Å²) in [4.78, 5) is 50.0. The van der Waals surface area contributed by atoms with Gasteiger partial charge in [0.05, 0.1) is 6.61 Å². The smallest absolute Gasteiger partial charge is 0.407 e. The van der Waals surface area contributed by atoms with Crippen molar-refractivity contribution >= 4 is 35.6 Å². The number of carbonyl (C=O) groups excluding carboxylic acids is 3. The van der Waals surface area contributed by atoms with Gasteiger partial charge in [-0.2, -0.15) is 11.8 Å². The second kappa shape index (κ2) is 17.7. The normalized spacial score (nSPS) is 14.0. The summed E-state index contributed by atoms with van der Waals surface area (Å²) < 4.78 is 5.13. The van der Waals surface area contributed by atoms with Crippen LogP contribution in [0.15, 0.2) is 37.0 Å². The Labute approximate surface area is 213 Å². The topological polar surface area (TPSA) is 134 Å². The highest BCUT2D eigenvalue weighted by molar-refractivity contribution is 7.98. The fraction of sp³-hybridized carbons (Fsp3) is 0.600. The van der Waals surface area contributed by atoms with Crippen LogP contribution in [0, 0.1) is 11.8 Å². The molecule has 10 heteroatoms. The number of thioether (sulfide) groups is 1. The number of alkyl carbamates (subject to hydrolysis) is 1. The first kappa shape index (κ1) is 32.2. The summed E-state index contributed by atoms with van der Waals surface area (Å²) >= 11 is 1.51. The summed E-state index contributed by atoms with van der Waals surface area (Å²) in [5.41, 5.74) is 0.596. The number of ether oxygens (including phenoxy) is 1. The molecule has 0 radical (unpaired) electrons. The van der Waals surface area contributed by atoms with Crippen molar-refractivity contribution in [3.8, 4) is 0 Å². The number of carbonyl (C=O) groups is 4. The van der Waals surface area contributed by atoms with Crippen molar-refractivity contribution in [2.24, 2.45) is 11.8 Å². The van der Waals surface area contributed by atoms with Crippen LogP contribution in [-0.4, -0.2) is 65.7 Å². The molecule has 0 aromatic heterocycles. The van der Waals surface area contributed by atoms with Gasteiger partial charge in [0.1, 0.15) is 18.1 Å². The Morgan fingerprint density at radius 3 is 2.03 bits per heavy atom. The van der Waals surface area contributed by atoms with E-state index in [4.69, 9.17) is 4.74 Å². The molecule has 35 heavy (non-hydrogen) atoms. The third-order valence-electron chi connectivity index (χ3n) is 4.76. The highest BCUT2D eigenvalue weighted by atomic mass is 32.2. The van der Waals surface area contributed by atoms with Gasteiger partial charge >= 0.3 is 12.1 Å². The Kier molecular flexibility index (Phi) is 16.3. The van der Waals surface area contributed by atoms with E-state index in [0.29, 0.717) is 17.7 Å². The Hall–Kier alpha value is -2.75. The van der Waals surface area contributed by atoms with Gasteiger partial charge in [0.25, 0.3) is 0 Å². The minimum absolute atomic E-state index is 0.0124. The SMILES string of the molecule is C=C/C=C(\C=C)CC(NC(=O)C(CC(C)C)NC(=O)C(CCSC)NC(=O)OCC(C)C)C(=O)O. The van der Waals surface area contributed by atoms with Gasteiger partial charge in [-0.1, -0.05) is 59.1 Å². The lowest BCUT2D eigenvalue weighted by atomic mass is 10.0. The Balaban J connectivity index is 5.53. The van der Waals surface area contributed by atoms with Gasteiger partial charge in [0, 0.05) is 6.42 Å². The highest BCUT2D eigenvalue weighted by Crippen LogP contribution is 2.11. The van der Waals surface area contributed by atoms with Gasteiger partial charge < -0.3 is 25.8 Å². The van der Waals surface area contributed by atoms with E-state index in [-0.39, 0.29) is 31.3 Å². The second-order valence-electron chi connectivity index (χ2n) is 8.95. The van der Waals surface area contributed by atoms with Gasteiger partial charge in [-0.15, -0.1) is 0 Å². The maximum absolute atomic E-state index is 13.0. The van der Waals surface area contributed by atoms with E-state index in [1.54, 1.807) is 6.08 Å². The molecule has 9 nitrogen and oxygen atoms in total. The van der Waals surface area contributed by atoms with Crippen molar-refractivity contribution in [2.45, 2.75) is 65.1 Å². The van der Waals surface area contributed by atoms with Crippen molar-refractivity contribution in [2.75, 3.05) is 18.6 Å². The second-order valence-corrected chi connectivity index (χ2v) is 9.93. The lowest BCUT2D eigenvalue weighted by Crippen LogP contribution is -2.56. The van der Waals surface area contributed by atoms with Crippen LogP contribution in [0.4, 0.5) is 4.79 Å². The first-order valence-corrected chi connectivity index (χ1v) is 13.0. The lowest BCUT2D eigenvalue weighted by Gasteiger charge is -2.25. The number of hydrogen-bond acceptors (Lipinski definition) is 6. The van der Waals surface area contributed by atoms with E-state index in [1.165, 1.54) is 23.9 Å². The van der Waals surface area contributed by atoms with Crippen LogP contribution in [0.2, 0.25) is 0 Å². The van der Waals surface area contributed by atoms with E-state index in [2.05, 4.69) is 29.1 Å². The molecule has 3 amide bonds. The van der Waals surface area contributed by atoms with Crippen molar-refractivity contribution in [3.63, 3.8) is 0 Å². The summed E-state index contributed by atoms with van der Waals surface area (Å²) in [5, 5.41) is 17.4. The fourth-order valence-corrected chi connectivity index (χ4v) is 3.46. The average Bonchev–Trinajstić information content (AvgIpc) is 2.78. The molecule has 0 heterocycles. The molecule has 0 aliphatic rings. The van der Waals surface area contributed by atoms with Crippen LogP contribution in [-0.2, 0) is 19.1 Å². The van der Waals surface area contributed by atoms with E-state index in [0.717, 1.165) is 0 Å². The molecular weight excluding hydrogens is 470 g/mol. The number of hydrogen-bond donors (Lipinski definition) is 4. The van der Waals surface area contributed by atoms with Gasteiger partial charge in [0.2, 0.25) is 11.8 Å². The number of aliphatic carboxylic acids is 1. The maximum Gasteiger partial charge on any atom is 0.407 e. The zero-order chi connectivity index (χ0) is 27.0. The van der Waals surface area contributed by atoms with E-state index in [9.17, 15) is 24.3 Å². The number of nitrogens with one attached hydrogen (secondary N) is 3. The summed E-state index contributed by atoms with van der Waals surface area (Å²) in [6, 6.07) is -3.09. The largest absolute Gasteiger partial charge is 0.480 e. The third kappa shape index (κ3) is 14.3. The van der Waals surface area contributed by atoms with E-state index < -0.39 is 42.0 Å². The molecule has 0 aromatic rings. The summed E-state index contributed by atoms with van der Waals surface area (Å²) in [6.07, 6.45) is 6.43. The monoisotopic (exact) mass is 511 g/mol. The maximum atomic E-state index is 13.0. The predicted molar refractivity (Wildman–Crippen MR) is 140 cm³/mol. The molecule has 0 fully saturated rings. The minimum Gasteiger partial charge on any atom is -0.480 e. The number of carboxylic acid groups (broad SMARTS) is 1. The van der Waals surface area contributed by atoms with Crippen molar-refractivity contribution in [1.82, 2.24) is 16.0 Å². The minimum atomic E-state index is -1.21. The third-order valence-corrected chi connectivity index (χ3v) is 5.40. The van der Waals surface area contributed by atoms with Crippen LogP contribution in [0.1, 0.15) is 47.0 Å². The van der Waals surface area contributed by atoms with E-state index in [1.807, 2.05) is 34.0 Å². The number of rotatable bonds is 17. The first-order valence-electron chi connectivity index (χ1n) is 11.6. The number of amides is 3. The van der Waals surface area contributed by atoms with E-state index >= 15 is 0 Å². The standard InChI is InChI=1S/C25H41N3O6S/c1-8-10-18(9-2)14-21(24(31)32)27-23(30)20(13-16(3)4)26-22(29)19(11-12-35-7)28-25(33)34-15-17(5)6/h8-10,16-17,19-21H,1-2,11-15H2,3-7H3,(H,26,29)(H,27,30)(H,28,33)(H,31,32)/b18-10+. The molecule has 3 unspecified atom stereocenters. The van der Waals surface area contributed by atoms with Crippen LogP contribution in [0.3, 0.4) is 0 Å². The Morgan fingerprint density at radius 1 is 0.943 bits per heavy atom. The molecule has 0 rings (SSSR count). The predicted octanol–water partition coefficient (Wildman–Crippen LogP) is 3.28. The molecular formula is C25H41N3O6S. The zero-order valence-corrected chi connectivity index (χ0v) is 22.3. The van der Waals surface area contributed by atoms with Crippen molar-refractivity contribution in [1.29, 1.82) is 0 Å². The van der Waals surface area contributed by atoms with Crippen LogP contribution < -0.4 is 16.0 Å². The number of allylic oxidation sites excluding steroid dienone is 3. The van der Waals surface area contributed by atoms with Crippen molar-refractivity contribution < 1.29 is 29.0 Å². The molecule has 3 atom stereocenters. The fourth-order valence-electron chi connectivity index (χ4n) is 2.98. The highest BCUT2D eigenvalue weighted by Gasteiger charge is 2.30. The average molecular weight is 512 g/mol. The molecule has 0 spiro atoms. The quantitative estimate of drug-likeness (QED) is 0.220. The van der Waals surface area contributed by atoms with Crippen LogP contribution >= 0.6 is 11.8 Å². The van der Waals surface area contributed by atoms with Crippen LogP contribution in [0.5, 0.6) is 0 Å². The molecule has 198 valence electrons. The molecule has 0 bridgehead atoms. The van der Waals surface area contributed by atoms with Gasteiger partial charge in [-0.05, 0) is 42.3 Å². The molecule has 0 saturated carbocycles. The molecule has 0 aromatic carbocycles. The van der Waals surface area contributed by atoms with Crippen molar-refractivity contribution in [3.05, 3.63) is 37.0 Å². The Morgan fingerprint density at radius 2 is 1.54 bits per heavy atom. The molecule has 0 saturated heterocycles. The van der Waals surface area contributed by atoms with Gasteiger partial charge in [-0.25, -0.2) is 9.59 Å². The Bertz CT molecular complexity index is 766. The summed E-state index contributed by atoms with van der Waals surface area (Å²) in [5.74, 6) is -1.59. The molecule has 4 N–H and O–H groups in total. The van der Waals surface area contributed by atoms with Gasteiger partial charge in [-0.3, -0.25) is 9.59 Å². The first-order chi connectivity index (χ1) is 16.4. The summed E-state index contributed by atoms with van der Waals surface area (Å²) in [7, 11) is 0. The zero-order valence-electron chi connectivity index (χ0n) is 21.5. The van der Waals surface area contributed by atoms with Gasteiger partial charge in [0.15, 0.2) is 0 Å². The molecule has 0 aliphatic carbocycles.